The molecular formula is C14H20BrNOS2. The predicted octanol–water partition coefficient (Wildman–Crippen LogP) is 4.08. The van der Waals surface area contributed by atoms with Crippen LogP contribution in [0.2, 0.25) is 0 Å². The zero-order valence-corrected chi connectivity index (χ0v) is 14.6. The summed E-state index contributed by atoms with van der Waals surface area (Å²) in [5.41, 5.74) is 1.37. The van der Waals surface area contributed by atoms with Crippen LogP contribution in [0.3, 0.4) is 0 Å². The van der Waals surface area contributed by atoms with Gasteiger partial charge in [0.1, 0.15) is 0 Å². The van der Waals surface area contributed by atoms with Gasteiger partial charge in [-0.3, -0.25) is 4.79 Å². The second-order valence-corrected chi connectivity index (χ2v) is 8.21. The maximum Gasteiger partial charge on any atom is 0.261 e. The highest BCUT2D eigenvalue weighted by Crippen LogP contribution is 2.31. The number of thioether (sulfide) groups is 1. The van der Waals surface area contributed by atoms with Crippen molar-refractivity contribution in [3.05, 3.63) is 21.4 Å². The Morgan fingerprint density at radius 3 is 2.95 bits per heavy atom. The molecule has 106 valence electrons. The molecule has 1 aliphatic rings. The third-order valence-electron chi connectivity index (χ3n) is 3.13. The van der Waals surface area contributed by atoms with Gasteiger partial charge in [-0.25, -0.2) is 0 Å². The number of halogens is 1. The number of carbonyl (C=O) groups excluding carboxylic acids is 1. The van der Waals surface area contributed by atoms with E-state index in [2.05, 4.69) is 41.2 Å². The molecule has 1 atom stereocenters. The molecular weight excluding hydrogens is 342 g/mol. The summed E-state index contributed by atoms with van der Waals surface area (Å²) in [5.74, 6) is 2.93. The van der Waals surface area contributed by atoms with Crippen molar-refractivity contribution in [1.29, 1.82) is 0 Å². The first kappa shape index (κ1) is 15.4. The van der Waals surface area contributed by atoms with E-state index in [1.165, 1.54) is 16.2 Å². The molecule has 1 N–H and O–H groups in total. The first-order chi connectivity index (χ1) is 9.10. The van der Waals surface area contributed by atoms with Gasteiger partial charge in [-0.05, 0) is 36.1 Å². The lowest BCUT2D eigenvalue weighted by Crippen LogP contribution is -2.36. The number of hydrogen-bond acceptors (Lipinski definition) is 3. The largest absolute Gasteiger partial charge is 0.348 e. The molecule has 0 fully saturated rings. The number of aryl methyl sites for hydroxylation is 1. The molecule has 19 heavy (non-hydrogen) atoms. The Morgan fingerprint density at radius 2 is 2.32 bits per heavy atom. The van der Waals surface area contributed by atoms with Crippen LogP contribution in [0, 0.1) is 5.92 Å². The Balaban J connectivity index is 2.00. The Labute approximate surface area is 131 Å². The minimum absolute atomic E-state index is 0.0921. The smallest absolute Gasteiger partial charge is 0.261 e. The first-order valence-corrected chi connectivity index (χ1v) is 9.75. The number of fused-ring (bicyclic) bond motifs is 1. The lowest BCUT2D eigenvalue weighted by atomic mass is 10.1. The van der Waals surface area contributed by atoms with Crippen molar-refractivity contribution >= 4 is 44.9 Å². The van der Waals surface area contributed by atoms with Crippen molar-refractivity contribution in [1.82, 2.24) is 5.32 Å². The Kier molecular flexibility index (Phi) is 5.78. The molecule has 0 radical (unpaired) electrons. The van der Waals surface area contributed by atoms with Crippen molar-refractivity contribution in [2.24, 2.45) is 5.92 Å². The SMILES string of the molecule is CC(C)CC(CBr)NC(=O)c1cc2c(s1)CCSC2. The maximum atomic E-state index is 12.3. The van der Waals surface area contributed by atoms with Crippen LogP contribution in [-0.4, -0.2) is 23.0 Å². The molecule has 1 aliphatic heterocycles. The van der Waals surface area contributed by atoms with Gasteiger partial charge in [-0.1, -0.05) is 29.8 Å². The third-order valence-corrected chi connectivity index (χ3v) is 6.15. The van der Waals surface area contributed by atoms with Gasteiger partial charge in [0, 0.05) is 22.0 Å². The van der Waals surface area contributed by atoms with Crippen LogP contribution in [-0.2, 0) is 12.2 Å². The van der Waals surface area contributed by atoms with Crippen molar-refractivity contribution in [3.8, 4) is 0 Å². The summed E-state index contributed by atoms with van der Waals surface area (Å²) in [5, 5.41) is 3.96. The van der Waals surface area contributed by atoms with Crippen molar-refractivity contribution in [2.45, 2.75) is 38.5 Å². The highest BCUT2D eigenvalue weighted by Gasteiger charge is 2.19. The van der Waals surface area contributed by atoms with E-state index in [4.69, 9.17) is 0 Å². The fourth-order valence-electron chi connectivity index (χ4n) is 2.25. The fraction of sp³-hybridized carbons (Fsp3) is 0.643. The number of hydrogen-bond donors (Lipinski definition) is 1. The second-order valence-electron chi connectivity index (χ2n) is 5.32. The molecule has 0 saturated heterocycles. The Bertz CT molecular complexity index is 421. The molecule has 0 aromatic carbocycles. The van der Waals surface area contributed by atoms with Crippen LogP contribution in [0.5, 0.6) is 0 Å². The van der Waals surface area contributed by atoms with Gasteiger partial charge in [0.25, 0.3) is 5.91 Å². The van der Waals surface area contributed by atoms with Crippen molar-refractivity contribution in [3.63, 3.8) is 0 Å². The van der Waals surface area contributed by atoms with E-state index >= 15 is 0 Å². The number of amides is 1. The summed E-state index contributed by atoms with van der Waals surface area (Å²) in [6, 6.07) is 2.31. The Morgan fingerprint density at radius 1 is 1.53 bits per heavy atom. The summed E-state index contributed by atoms with van der Waals surface area (Å²) in [6.07, 6.45) is 2.13. The minimum atomic E-state index is 0.0921. The summed E-state index contributed by atoms with van der Waals surface area (Å²) in [7, 11) is 0. The van der Waals surface area contributed by atoms with Crippen molar-refractivity contribution < 1.29 is 4.79 Å². The van der Waals surface area contributed by atoms with Gasteiger partial charge >= 0.3 is 0 Å². The molecule has 0 spiro atoms. The lowest BCUT2D eigenvalue weighted by molar-refractivity contribution is 0.0941. The van der Waals surface area contributed by atoms with Gasteiger partial charge in [-0.15, -0.1) is 11.3 Å². The van der Waals surface area contributed by atoms with E-state index in [0.29, 0.717) is 5.92 Å². The molecule has 1 aromatic rings. The maximum absolute atomic E-state index is 12.3. The van der Waals surface area contributed by atoms with Crippen molar-refractivity contribution in [2.75, 3.05) is 11.1 Å². The molecule has 2 heterocycles. The Hall–Kier alpha value is -0.000000000000000111. The van der Waals surface area contributed by atoms with Crippen LogP contribution in [0.1, 0.15) is 40.4 Å². The van der Waals surface area contributed by atoms with Crippen LogP contribution in [0.15, 0.2) is 6.07 Å². The van der Waals surface area contributed by atoms with Gasteiger partial charge in [0.15, 0.2) is 0 Å². The van der Waals surface area contributed by atoms with Gasteiger partial charge in [0.2, 0.25) is 0 Å². The average molecular weight is 362 g/mol. The first-order valence-electron chi connectivity index (χ1n) is 6.66. The normalized spacial score (nSPS) is 16.2. The molecule has 2 nitrogen and oxygen atoms in total. The molecule has 1 unspecified atom stereocenters. The quantitative estimate of drug-likeness (QED) is 0.800. The van der Waals surface area contributed by atoms with Crippen LogP contribution in [0.25, 0.3) is 0 Å². The van der Waals surface area contributed by atoms with Gasteiger partial charge in [0.05, 0.1) is 4.88 Å². The van der Waals surface area contributed by atoms with E-state index in [9.17, 15) is 4.79 Å². The number of nitrogens with one attached hydrogen (secondary N) is 1. The van der Waals surface area contributed by atoms with E-state index in [1.54, 1.807) is 11.3 Å². The van der Waals surface area contributed by atoms with Gasteiger partial charge < -0.3 is 5.32 Å². The minimum Gasteiger partial charge on any atom is -0.348 e. The highest BCUT2D eigenvalue weighted by atomic mass is 79.9. The zero-order chi connectivity index (χ0) is 13.8. The standard InChI is InChI=1S/C14H20BrNOS2/c1-9(2)5-11(7-15)16-14(17)13-6-10-8-18-4-3-12(10)19-13/h6,9,11H,3-5,7-8H2,1-2H3,(H,16,17). The van der Waals surface area contributed by atoms with E-state index in [1.807, 2.05) is 11.8 Å². The topological polar surface area (TPSA) is 29.1 Å². The van der Waals surface area contributed by atoms with E-state index in [0.717, 1.165) is 28.8 Å². The van der Waals surface area contributed by atoms with Crippen LogP contribution >= 0.6 is 39.0 Å². The lowest BCUT2D eigenvalue weighted by Gasteiger charge is -2.17. The molecule has 2 rings (SSSR count). The van der Waals surface area contributed by atoms with E-state index in [-0.39, 0.29) is 11.9 Å². The molecule has 0 aliphatic carbocycles. The fourth-order valence-corrected chi connectivity index (χ4v) is 4.95. The predicted molar refractivity (Wildman–Crippen MR) is 88.7 cm³/mol. The number of carbonyl (C=O) groups is 1. The van der Waals surface area contributed by atoms with Crippen LogP contribution in [0.4, 0.5) is 0 Å². The monoisotopic (exact) mass is 361 g/mol. The third kappa shape index (κ3) is 4.23. The summed E-state index contributed by atoms with van der Waals surface area (Å²) < 4.78 is 0. The number of thiophene rings is 1. The van der Waals surface area contributed by atoms with Gasteiger partial charge in [-0.2, -0.15) is 11.8 Å². The number of alkyl halides is 1. The number of rotatable bonds is 5. The van der Waals surface area contributed by atoms with E-state index < -0.39 is 0 Å². The van der Waals surface area contributed by atoms with Crippen LogP contribution < -0.4 is 5.32 Å². The molecule has 1 aromatic heterocycles. The highest BCUT2D eigenvalue weighted by molar-refractivity contribution is 9.09. The molecule has 1 amide bonds. The summed E-state index contributed by atoms with van der Waals surface area (Å²) in [6.45, 7) is 4.37. The average Bonchev–Trinajstić information content (AvgIpc) is 2.81. The molecule has 5 heteroatoms. The second kappa shape index (κ2) is 7.14. The summed E-state index contributed by atoms with van der Waals surface area (Å²) in [4.78, 5) is 14.6. The summed E-state index contributed by atoms with van der Waals surface area (Å²) >= 11 is 7.12. The zero-order valence-electron chi connectivity index (χ0n) is 11.4. The molecule has 0 bridgehead atoms. The molecule has 0 saturated carbocycles.